The van der Waals surface area contributed by atoms with Crippen LogP contribution < -0.4 is 10.6 Å². The highest BCUT2D eigenvalue weighted by molar-refractivity contribution is 8.00. The number of aromatic nitrogens is 1. The number of carbonyl (C=O) groups excluding carboxylic acids is 4. The molecule has 236 valence electrons. The number of nitrogens with zero attached hydrogens (tertiary/aromatic N) is 3. The average molecular weight is 660 g/mol. The Morgan fingerprint density at radius 2 is 1.93 bits per heavy atom. The Kier molecular flexibility index (Phi) is 11.1. The third kappa shape index (κ3) is 8.38. The van der Waals surface area contributed by atoms with Crippen LogP contribution >= 0.6 is 34.7 Å². The van der Waals surface area contributed by atoms with Crippen LogP contribution in [0.25, 0.3) is 0 Å². The van der Waals surface area contributed by atoms with Crippen LogP contribution in [0.3, 0.4) is 0 Å². The van der Waals surface area contributed by atoms with Crippen molar-refractivity contribution in [1.29, 1.82) is 0 Å². The number of oxime groups is 1. The zero-order valence-corrected chi connectivity index (χ0v) is 26.9. The zero-order valence-electron chi connectivity index (χ0n) is 24.5. The summed E-state index contributed by atoms with van der Waals surface area (Å²) in [6.45, 7) is 10.0. The van der Waals surface area contributed by atoms with Gasteiger partial charge in [-0.1, -0.05) is 18.5 Å². The summed E-state index contributed by atoms with van der Waals surface area (Å²) in [6, 6.07) is -1.08. The first-order valence-corrected chi connectivity index (χ1v) is 15.7. The molecule has 0 aromatic carbocycles. The van der Waals surface area contributed by atoms with Crippen LogP contribution in [0.15, 0.2) is 21.8 Å². The Hall–Kier alpha value is -3.37. The van der Waals surface area contributed by atoms with Gasteiger partial charge in [-0.2, -0.15) is 0 Å². The molecule has 0 saturated carbocycles. The number of nitrogens with one attached hydrogen (secondary N) is 2. The number of anilines is 1. The number of β-lactam (4-membered cyclic amide) rings is 1. The maximum absolute atomic E-state index is 13.5. The van der Waals surface area contributed by atoms with E-state index in [1.165, 1.54) is 31.0 Å². The maximum Gasteiger partial charge on any atom is 0.413 e. The fourth-order valence-corrected chi connectivity index (χ4v) is 6.07. The normalized spacial score (nSPS) is 18.8. The first-order chi connectivity index (χ1) is 20.1. The molecule has 2 aliphatic heterocycles. The molecule has 0 spiro atoms. The van der Waals surface area contributed by atoms with Crippen molar-refractivity contribution in [1.82, 2.24) is 15.2 Å². The molecule has 0 radical (unpaired) electrons. The van der Waals surface area contributed by atoms with Gasteiger partial charge in [0.25, 0.3) is 11.8 Å². The number of amides is 3. The van der Waals surface area contributed by atoms with E-state index in [-0.39, 0.29) is 34.8 Å². The highest BCUT2D eigenvalue weighted by Gasteiger charge is 2.54. The minimum atomic E-state index is -1.59. The second-order valence-electron chi connectivity index (χ2n) is 10.9. The summed E-state index contributed by atoms with van der Waals surface area (Å²) in [4.78, 5) is 73.9. The van der Waals surface area contributed by atoms with E-state index in [2.05, 4.69) is 20.8 Å². The Morgan fingerprint density at radius 3 is 2.53 bits per heavy atom. The van der Waals surface area contributed by atoms with Crippen molar-refractivity contribution < 1.29 is 43.4 Å². The van der Waals surface area contributed by atoms with Crippen molar-refractivity contribution in [2.24, 2.45) is 5.16 Å². The maximum atomic E-state index is 13.5. The Balaban J connectivity index is 1.85. The standard InChI is InChI=1S/C26H34ClN5O9S2/c1-7-8-9-39-22(37)26(5,6)41-31-15(14-12-43-23(28-14)30-24(38)40-25(2,3)4)18(33)29-16-19(34)32-17(21(35)36)13(10-27)11-42-20(16)32/h12,16,20H,7-11H2,1-6H3,(H,29,33)(H,35,36)(H,28,30,38)/t16-,20-/m1/s1. The minimum Gasteiger partial charge on any atom is -0.477 e. The number of carboxylic acids is 1. The molecular weight excluding hydrogens is 626 g/mol. The van der Waals surface area contributed by atoms with E-state index in [1.54, 1.807) is 20.8 Å². The van der Waals surface area contributed by atoms with E-state index < -0.39 is 58.2 Å². The van der Waals surface area contributed by atoms with E-state index in [0.29, 0.717) is 12.0 Å². The summed E-state index contributed by atoms with van der Waals surface area (Å²) in [7, 11) is 0. The van der Waals surface area contributed by atoms with Crippen molar-refractivity contribution in [2.75, 3.05) is 23.6 Å². The highest BCUT2D eigenvalue weighted by atomic mass is 35.5. The van der Waals surface area contributed by atoms with Crippen LogP contribution in [0.5, 0.6) is 0 Å². The van der Waals surface area contributed by atoms with Crippen LogP contribution in [0.2, 0.25) is 0 Å². The topological polar surface area (TPSA) is 186 Å². The highest BCUT2D eigenvalue weighted by Crippen LogP contribution is 2.40. The van der Waals surface area contributed by atoms with Gasteiger partial charge in [-0.25, -0.2) is 19.4 Å². The number of carbonyl (C=O) groups is 5. The van der Waals surface area contributed by atoms with Crippen molar-refractivity contribution in [3.05, 3.63) is 22.3 Å². The molecule has 1 fully saturated rings. The molecule has 2 aliphatic rings. The molecule has 3 amide bonds. The van der Waals surface area contributed by atoms with Gasteiger partial charge < -0.3 is 24.7 Å². The number of hydrogen-bond acceptors (Lipinski definition) is 12. The molecule has 3 N–H and O–H groups in total. The zero-order chi connectivity index (χ0) is 32.1. The molecule has 0 unspecified atom stereocenters. The number of aliphatic carboxylic acids is 1. The molecule has 0 bridgehead atoms. The second kappa shape index (κ2) is 13.9. The molecule has 2 atom stereocenters. The number of halogens is 1. The lowest BCUT2D eigenvalue weighted by Crippen LogP contribution is -2.71. The third-order valence-corrected chi connectivity index (χ3v) is 8.28. The lowest BCUT2D eigenvalue weighted by Gasteiger charge is -2.49. The van der Waals surface area contributed by atoms with Crippen LogP contribution in [-0.4, -0.2) is 91.4 Å². The smallest absolute Gasteiger partial charge is 0.413 e. The molecule has 1 aromatic heterocycles. The fraction of sp³-hybridized carbons (Fsp3) is 0.577. The minimum absolute atomic E-state index is 0.0285. The summed E-state index contributed by atoms with van der Waals surface area (Å²) in [5.41, 5.74) is -2.59. The van der Waals surface area contributed by atoms with Gasteiger partial charge in [-0.15, -0.1) is 34.7 Å². The fourth-order valence-electron chi connectivity index (χ4n) is 3.71. The average Bonchev–Trinajstić information content (AvgIpc) is 3.37. The third-order valence-electron chi connectivity index (χ3n) is 5.86. The number of thiazole rings is 1. The lowest BCUT2D eigenvalue weighted by molar-refractivity contribution is -0.168. The summed E-state index contributed by atoms with van der Waals surface area (Å²) in [5.74, 6) is -3.33. The van der Waals surface area contributed by atoms with E-state index in [4.69, 9.17) is 25.9 Å². The number of carboxylic acid groups (broad SMARTS) is 1. The second-order valence-corrected chi connectivity index (χ2v) is 13.2. The lowest BCUT2D eigenvalue weighted by atomic mass is 10.0. The van der Waals surface area contributed by atoms with E-state index in [0.717, 1.165) is 22.7 Å². The first-order valence-electron chi connectivity index (χ1n) is 13.3. The number of alkyl halides is 1. The van der Waals surface area contributed by atoms with Crippen molar-refractivity contribution in [3.8, 4) is 0 Å². The molecular formula is C26H34ClN5O9S2. The Bertz CT molecular complexity index is 1340. The molecule has 14 nitrogen and oxygen atoms in total. The molecule has 0 aliphatic carbocycles. The van der Waals surface area contributed by atoms with Gasteiger partial charge in [-0.3, -0.25) is 19.8 Å². The van der Waals surface area contributed by atoms with Gasteiger partial charge in [0.15, 0.2) is 10.8 Å². The predicted molar refractivity (Wildman–Crippen MR) is 160 cm³/mol. The summed E-state index contributed by atoms with van der Waals surface area (Å²) in [5, 5.41) is 19.4. The number of fused-ring (bicyclic) bond motifs is 1. The molecule has 17 heteroatoms. The van der Waals surface area contributed by atoms with Gasteiger partial charge in [0.2, 0.25) is 5.60 Å². The van der Waals surface area contributed by atoms with Gasteiger partial charge in [0, 0.05) is 17.0 Å². The van der Waals surface area contributed by atoms with Gasteiger partial charge in [-0.05, 0) is 46.6 Å². The number of rotatable bonds is 12. The number of esters is 1. The largest absolute Gasteiger partial charge is 0.477 e. The molecule has 3 rings (SSSR count). The quantitative estimate of drug-likeness (QED) is 0.0746. The van der Waals surface area contributed by atoms with E-state index >= 15 is 0 Å². The number of unbranched alkanes of at least 4 members (excludes halogenated alkanes) is 1. The SMILES string of the molecule is CCCCOC(=O)C(C)(C)ON=C(C(=O)N[C@@H]1C(=O)N2C(C(=O)O)=C(CCl)CS[C@H]12)c1csc(NC(=O)OC(C)(C)C)n1. The van der Waals surface area contributed by atoms with Gasteiger partial charge >= 0.3 is 18.0 Å². The molecule has 1 aromatic rings. The monoisotopic (exact) mass is 659 g/mol. The van der Waals surface area contributed by atoms with Gasteiger partial charge in [0.05, 0.1) is 6.61 Å². The number of thioether (sulfide) groups is 1. The van der Waals surface area contributed by atoms with Gasteiger partial charge in [0.1, 0.15) is 28.4 Å². The molecule has 1 saturated heterocycles. The van der Waals surface area contributed by atoms with Crippen LogP contribution in [0.1, 0.15) is 60.1 Å². The van der Waals surface area contributed by atoms with Crippen molar-refractivity contribution in [3.63, 3.8) is 0 Å². The van der Waals surface area contributed by atoms with Crippen molar-refractivity contribution >= 4 is 75.4 Å². The van der Waals surface area contributed by atoms with E-state index in [1.807, 2.05) is 6.92 Å². The molecule has 43 heavy (non-hydrogen) atoms. The molecule has 3 heterocycles. The summed E-state index contributed by atoms with van der Waals surface area (Å²) < 4.78 is 10.5. The number of ether oxygens (including phenoxy) is 2. The summed E-state index contributed by atoms with van der Waals surface area (Å²) >= 11 is 8.11. The number of hydrogen-bond donors (Lipinski definition) is 3. The first kappa shape index (κ1) is 34.1. The summed E-state index contributed by atoms with van der Waals surface area (Å²) in [6.07, 6.45) is 0.701. The van der Waals surface area contributed by atoms with Crippen LogP contribution in [0, 0.1) is 0 Å². The predicted octanol–water partition coefficient (Wildman–Crippen LogP) is 3.31. The van der Waals surface area contributed by atoms with Crippen molar-refractivity contribution in [2.45, 2.75) is 77.0 Å². The van der Waals surface area contributed by atoms with Crippen LogP contribution in [-0.2, 0) is 33.5 Å². The van der Waals surface area contributed by atoms with E-state index in [9.17, 15) is 29.1 Å². The Morgan fingerprint density at radius 1 is 1.23 bits per heavy atom. The Labute approximate surface area is 261 Å². The van der Waals surface area contributed by atoms with Crippen LogP contribution in [0.4, 0.5) is 9.93 Å².